The van der Waals surface area contributed by atoms with Gasteiger partial charge in [0.2, 0.25) is 0 Å². The highest BCUT2D eigenvalue weighted by molar-refractivity contribution is 5.94. The molecule has 4 heteroatoms. The Morgan fingerprint density at radius 3 is 2.19 bits per heavy atom. The molecule has 0 aliphatic rings. The number of hydrogen-bond acceptors (Lipinski definition) is 1. The maximum atomic E-state index is 12.7. The molecule has 0 aliphatic heterocycles. The van der Waals surface area contributed by atoms with Crippen molar-refractivity contribution >= 4 is 11.6 Å². The van der Waals surface area contributed by atoms with Crippen molar-refractivity contribution in [2.24, 2.45) is 10.7 Å². The van der Waals surface area contributed by atoms with Gasteiger partial charge in [-0.1, -0.05) is 0 Å². The molecule has 1 aromatic carbocycles. The van der Waals surface area contributed by atoms with E-state index in [0.717, 1.165) is 5.69 Å². The van der Waals surface area contributed by atoms with Crippen LogP contribution in [0.2, 0.25) is 0 Å². The predicted molar refractivity (Wildman–Crippen MR) is 66.2 cm³/mol. The van der Waals surface area contributed by atoms with Crippen LogP contribution in [0.15, 0.2) is 29.3 Å². The SMILES string of the molecule is CN(C(N)=NC(C)(C)C)c1ccc(F)cc1. The van der Waals surface area contributed by atoms with Crippen molar-refractivity contribution in [3.05, 3.63) is 30.1 Å². The largest absolute Gasteiger partial charge is 0.370 e. The Kier molecular flexibility index (Phi) is 3.52. The minimum Gasteiger partial charge on any atom is -0.370 e. The minimum atomic E-state index is -0.261. The van der Waals surface area contributed by atoms with Crippen molar-refractivity contribution in [3.63, 3.8) is 0 Å². The highest BCUT2D eigenvalue weighted by atomic mass is 19.1. The molecule has 0 saturated carbocycles. The van der Waals surface area contributed by atoms with E-state index in [-0.39, 0.29) is 11.4 Å². The molecule has 0 bridgehead atoms. The van der Waals surface area contributed by atoms with Gasteiger partial charge in [0.05, 0.1) is 5.54 Å². The van der Waals surface area contributed by atoms with Gasteiger partial charge in [-0.05, 0) is 45.0 Å². The van der Waals surface area contributed by atoms with Gasteiger partial charge in [0.25, 0.3) is 0 Å². The van der Waals surface area contributed by atoms with Crippen LogP contribution in [0.5, 0.6) is 0 Å². The van der Waals surface area contributed by atoms with Gasteiger partial charge in [0.1, 0.15) is 5.82 Å². The Morgan fingerprint density at radius 1 is 1.25 bits per heavy atom. The van der Waals surface area contributed by atoms with Gasteiger partial charge in [0.15, 0.2) is 5.96 Å². The molecule has 1 rings (SSSR count). The van der Waals surface area contributed by atoms with Gasteiger partial charge in [0, 0.05) is 12.7 Å². The number of nitrogens with zero attached hydrogens (tertiary/aromatic N) is 2. The second-order valence-corrected chi connectivity index (χ2v) is 4.68. The van der Waals surface area contributed by atoms with E-state index in [9.17, 15) is 4.39 Å². The van der Waals surface area contributed by atoms with E-state index >= 15 is 0 Å². The number of anilines is 1. The standard InChI is InChI=1S/C12H18FN3/c1-12(2,3)15-11(14)16(4)10-7-5-9(13)6-8-10/h5-8H,1-4H3,(H2,14,15). The molecule has 0 aromatic heterocycles. The van der Waals surface area contributed by atoms with E-state index in [4.69, 9.17) is 5.73 Å². The molecule has 0 aliphatic carbocycles. The fourth-order valence-electron chi connectivity index (χ4n) is 1.22. The topological polar surface area (TPSA) is 41.6 Å². The summed E-state index contributed by atoms with van der Waals surface area (Å²) >= 11 is 0. The average molecular weight is 223 g/mol. The Hall–Kier alpha value is -1.58. The quantitative estimate of drug-likeness (QED) is 0.586. The summed E-state index contributed by atoms with van der Waals surface area (Å²) < 4.78 is 12.7. The molecule has 0 spiro atoms. The van der Waals surface area contributed by atoms with Crippen LogP contribution in [0.1, 0.15) is 20.8 Å². The normalized spacial score (nSPS) is 12.7. The summed E-state index contributed by atoms with van der Waals surface area (Å²) in [4.78, 5) is 6.06. The first-order chi connectivity index (χ1) is 7.29. The molecule has 0 atom stereocenters. The Balaban J connectivity index is 2.90. The lowest BCUT2D eigenvalue weighted by Crippen LogP contribution is -2.36. The minimum absolute atomic E-state index is 0.224. The van der Waals surface area contributed by atoms with Crippen molar-refractivity contribution in [2.75, 3.05) is 11.9 Å². The molecule has 16 heavy (non-hydrogen) atoms. The first-order valence-corrected chi connectivity index (χ1v) is 5.14. The fourth-order valence-corrected chi connectivity index (χ4v) is 1.22. The second-order valence-electron chi connectivity index (χ2n) is 4.68. The van der Waals surface area contributed by atoms with Crippen LogP contribution in [-0.2, 0) is 0 Å². The van der Waals surface area contributed by atoms with Crippen molar-refractivity contribution in [1.82, 2.24) is 0 Å². The molecule has 88 valence electrons. The number of halogens is 1. The summed E-state index contributed by atoms with van der Waals surface area (Å²) in [5.74, 6) is 0.155. The zero-order valence-electron chi connectivity index (χ0n) is 10.2. The van der Waals surface area contributed by atoms with Crippen molar-refractivity contribution in [1.29, 1.82) is 0 Å². The summed E-state index contributed by atoms with van der Waals surface area (Å²) in [6.45, 7) is 5.91. The van der Waals surface area contributed by atoms with Crippen LogP contribution in [0, 0.1) is 5.82 Å². The highest BCUT2D eigenvalue weighted by Gasteiger charge is 2.11. The third kappa shape index (κ3) is 3.53. The predicted octanol–water partition coefficient (Wildman–Crippen LogP) is 2.38. The molecule has 0 unspecified atom stereocenters. The summed E-state index contributed by atoms with van der Waals surface area (Å²) in [6, 6.07) is 6.13. The Morgan fingerprint density at radius 2 is 1.75 bits per heavy atom. The molecule has 0 radical (unpaired) electrons. The van der Waals surface area contributed by atoms with Crippen LogP contribution in [0.3, 0.4) is 0 Å². The molecule has 0 heterocycles. The lowest BCUT2D eigenvalue weighted by Gasteiger charge is -2.21. The monoisotopic (exact) mass is 223 g/mol. The highest BCUT2D eigenvalue weighted by Crippen LogP contribution is 2.14. The summed E-state index contributed by atoms with van der Waals surface area (Å²) in [5, 5.41) is 0. The van der Waals surface area contributed by atoms with E-state index < -0.39 is 0 Å². The molecule has 3 nitrogen and oxygen atoms in total. The Labute approximate surface area is 95.8 Å². The second kappa shape index (κ2) is 4.51. The first kappa shape index (κ1) is 12.5. The zero-order valence-corrected chi connectivity index (χ0v) is 10.2. The number of rotatable bonds is 1. The van der Waals surface area contributed by atoms with E-state index in [1.165, 1.54) is 12.1 Å². The van der Waals surface area contributed by atoms with E-state index in [2.05, 4.69) is 4.99 Å². The van der Waals surface area contributed by atoms with Gasteiger partial charge >= 0.3 is 0 Å². The molecule has 1 aromatic rings. The van der Waals surface area contributed by atoms with Crippen LogP contribution in [-0.4, -0.2) is 18.5 Å². The van der Waals surface area contributed by atoms with Crippen molar-refractivity contribution in [3.8, 4) is 0 Å². The summed E-state index contributed by atoms with van der Waals surface area (Å²) in [7, 11) is 1.80. The summed E-state index contributed by atoms with van der Waals surface area (Å²) in [5.41, 5.74) is 6.44. The van der Waals surface area contributed by atoms with Crippen LogP contribution in [0.25, 0.3) is 0 Å². The summed E-state index contributed by atoms with van der Waals surface area (Å²) in [6.07, 6.45) is 0. The Bertz CT molecular complexity index is 376. The number of hydrogen-bond donors (Lipinski definition) is 1. The average Bonchev–Trinajstić information content (AvgIpc) is 2.15. The maximum Gasteiger partial charge on any atom is 0.196 e. The molecule has 0 amide bonds. The van der Waals surface area contributed by atoms with Gasteiger partial charge in [-0.2, -0.15) is 0 Å². The third-order valence-electron chi connectivity index (χ3n) is 2.01. The molecular weight excluding hydrogens is 205 g/mol. The number of aliphatic imine (C=N–C) groups is 1. The van der Waals surface area contributed by atoms with Gasteiger partial charge in [-0.15, -0.1) is 0 Å². The smallest absolute Gasteiger partial charge is 0.196 e. The number of nitrogens with two attached hydrogens (primary N) is 1. The number of guanidine groups is 1. The first-order valence-electron chi connectivity index (χ1n) is 5.14. The molecule has 0 fully saturated rings. The van der Waals surface area contributed by atoms with Gasteiger partial charge < -0.3 is 10.6 Å². The molecule has 2 N–H and O–H groups in total. The van der Waals surface area contributed by atoms with E-state index in [1.807, 2.05) is 20.8 Å². The van der Waals surface area contributed by atoms with Crippen molar-refractivity contribution < 1.29 is 4.39 Å². The molecule has 0 saturated heterocycles. The number of benzene rings is 1. The maximum absolute atomic E-state index is 12.7. The van der Waals surface area contributed by atoms with E-state index in [0.29, 0.717) is 5.96 Å². The third-order valence-corrected chi connectivity index (χ3v) is 2.01. The van der Waals surface area contributed by atoms with Crippen LogP contribution >= 0.6 is 0 Å². The van der Waals surface area contributed by atoms with Crippen LogP contribution in [0.4, 0.5) is 10.1 Å². The van der Waals surface area contributed by atoms with Crippen molar-refractivity contribution in [2.45, 2.75) is 26.3 Å². The van der Waals surface area contributed by atoms with Gasteiger partial charge in [-0.3, -0.25) is 0 Å². The lowest BCUT2D eigenvalue weighted by molar-refractivity contribution is 0.581. The fraction of sp³-hybridized carbons (Fsp3) is 0.417. The lowest BCUT2D eigenvalue weighted by atomic mass is 10.1. The van der Waals surface area contributed by atoms with Gasteiger partial charge in [-0.25, -0.2) is 9.38 Å². The van der Waals surface area contributed by atoms with Crippen LogP contribution < -0.4 is 10.6 Å². The zero-order chi connectivity index (χ0) is 12.3. The molecular formula is C12H18FN3. The van der Waals surface area contributed by atoms with E-state index in [1.54, 1.807) is 24.1 Å².